The van der Waals surface area contributed by atoms with Crippen molar-refractivity contribution in [1.29, 1.82) is 0 Å². The van der Waals surface area contributed by atoms with Crippen LogP contribution in [0, 0.1) is 0 Å². The van der Waals surface area contributed by atoms with Gasteiger partial charge in [-0.3, -0.25) is 14.5 Å². The van der Waals surface area contributed by atoms with E-state index in [2.05, 4.69) is 25.4 Å². The summed E-state index contributed by atoms with van der Waals surface area (Å²) in [6.45, 7) is 6.80. The second-order valence-corrected chi connectivity index (χ2v) is 6.91. The van der Waals surface area contributed by atoms with E-state index < -0.39 is 5.91 Å². The van der Waals surface area contributed by atoms with E-state index in [1.807, 2.05) is 6.92 Å². The molecule has 0 atom stereocenters. The minimum Gasteiger partial charge on any atom is -0.454 e. The number of piperazine rings is 1. The van der Waals surface area contributed by atoms with Gasteiger partial charge in [-0.1, -0.05) is 0 Å². The number of nitrogens with zero attached hydrogens (tertiary/aromatic N) is 3. The fourth-order valence-corrected chi connectivity index (χ4v) is 3.00. The Kier molecular flexibility index (Phi) is 6.33. The SMILES string of the molecule is CCNC(=NCc1ccc(C(N)=O)o1)N1CCN(CC(=O)NC2CC2)CC1. The lowest BCUT2D eigenvalue weighted by Crippen LogP contribution is -2.54. The van der Waals surface area contributed by atoms with Crippen LogP contribution in [-0.4, -0.2) is 72.9 Å². The van der Waals surface area contributed by atoms with Crippen LogP contribution in [0.15, 0.2) is 21.5 Å². The largest absolute Gasteiger partial charge is 0.454 e. The summed E-state index contributed by atoms with van der Waals surface area (Å²) in [7, 11) is 0. The number of hydrogen-bond acceptors (Lipinski definition) is 5. The first-order valence-corrected chi connectivity index (χ1v) is 9.48. The molecule has 1 saturated carbocycles. The van der Waals surface area contributed by atoms with Gasteiger partial charge < -0.3 is 25.7 Å². The predicted octanol–water partition coefficient (Wildman–Crippen LogP) is -0.260. The van der Waals surface area contributed by atoms with Crippen LogP contribution in [0.5, 0.6) is 0 Å². The Morgan fingerprint density at radius 3 is 2.59 bits per heavy atom. The summed E-state index contributed by atoms with van der Waals surface area (Å²) in [4.78, 5) is 32.0. The molecule has 1 aliphatic carbocycles. The third kappa shape index (κ3) is 5.72. The van der Waals surface area contributed by atoms with E-state index in [0.717, 1.165) is 51.5 Å². The fraction of sp³-hybridized carbons (Fsp3) is 0.611. The number of aliphatic imine (C=N–C) groups is 1. The van der Waals surface area contributed by atoms with E-state index >= 15 is 0 Å². The Morgan fingerprint density at radius 2 is 2.00 bits per heavy atom. The van der Waals surface area contributed by atoms with Crippen molar-refractivity contribution in [2.75, 3.05) is 39.3 Å². The fourth-order valence-electron chi connectivity index (χ4n) is 3.00. The molecular weight excluding hydrogens is 348 g/mol. The number of nitrogens with one attached hydrogen (secondary N) is 2. The molecule has 4 N–H and O–H groups in total. The summed E-state index contributed by atoms with van der Waals surface area (Å²) in [6, 6.07) is 3.68. The highest BCUT2D eigenvalue weighted by molar-refractivity contribution is 5.89. The smallest absolute Gasteiger partial charge is 0.284 e. The number of furan rings is 1. The van der Waals surface area contributed by atoms with E-state index in [4.69, 9.17) is 10.2 Å². The predicted molar refractivity (Wildman–Crippen MR) is 101 cm³/mol. The molecule has 0 unspecified atom stereocenters. The summed E-state index contributed by atoms with van der Waals surface area (Å²) in [5, 5.41) is 6.32. The quantitative estimate of drug-likeness (QED) is 0.446. The van der Waals surface area contributed by atoms with Crippen molar-refractivity contribution in [3.05, 3.63) is 23.7 Å². The Balaban J connectivity index is 1.50. The van der Waals surface area contributed by atoms with Crippen LogP contribution in [0.4, 0.5) is 0 Å². The maximum atomic E-state index is 11.9. The Labute approximate surface area is 159 Å². The number of rotatable bonds is 7. The second-order valence-electron chi connectivity index (χ2n) is 6.91. The van der Waals surface area contributed by atoms with Crippen molar-refractivity contribution in [1.82, 2.24) is 20.4 Å². The molecule has 2 fully saturated rings. The molecule has 3 rings (SSSR count). The molecule has 0 bridgehead atoms. The molecule has 1 aromatic heterocycles. The van der Waals surface area contributed by atoms with Gasteiger partial charge in [0.05, 0.1) is 6.54 Å². The molecule has 9 heteroatoms. The van der Waals surface area contributed by atoms with Gasteiger partial charge in [-0.2, -0.15) is 0 Å². The maximum Gasteiger partial charge on any atom is 0.284 e. The standard InChI is InChI=1S/C18H28N6O3/c1-2-20-18(21-11-14-5-6-15(27-14)17(19)26)24-9-7-23(8-10-24)12-16(25)22-13-3-4-13/h5-6,13H,2-4,7-12H2,1H3,(H2,19,26)(H,20,21)(H,22,25). The number of carbonyl (C=O) groups is 2. The van der Waals surface area contributed by atoms with Crippen LogP contribution in [0.1, 0.15) is 36.1 Å². The molecule has 2 amide bonds. The zero-order chi connectivity index (χ0) is 19.2. The molecule has 0 radical (unpaired) electrons. The molecule has 148 valence electrons. The average molecular weight is 376 g/mol. The second kappa shape index (κ2) is 8.90. The summed E-state index contributed by atoms with van der Waals surface area (Å²) >= 11 is 0. The Bertz CT molecular complexity index is 689. The number of hydrogen-bond donors (Lipinski definition) is 3. The summed E-state index contributed by atoms with van der Waals surface area (Å²) in [5.74, 6) is 1.07. The normalized spacial score (nSPS) is 18.4. The highest BCUT2D eigenvalue weighted by Gasteiger charge is 2.25. The van der Waals surface area contributed by atoms with E-state index in [0.29, 0.717) is 24.9 Å². The van der Waals surface area contributed by atoms with Crippen LogP contribution < -0.4 is 16.4 Å². The Morgan fingerprint density at radius 1 is 1.26 bits per heavy atom. The molecule has 1 aromatic rings. The van der Waals surface area contributed by atoms with E-state index in [-0.39, 0.29) is 11.7 Å². The number of amides is 2. The molecule has 27 heavy (non-hydrogen) atoms. The third-order valence-electron chi connectivity index (χ3n) is 4.61. The highest BCUT2D eigenvalue weighted by Crippen LogP contribution is 2.18. The molecule has 2 heterocycles. The minimum absolute atomic E-state index is 0.120. The van der Waals surface area contributed by atoms with Gasteiger partial charge in [0, 0.05) is 38.8 Å². The first-order chi connectivity index (χ1) is 13.0. The van der Waals surface area contributed by atoms with Crippen LogP contribution in [0.3, 0.4) is 0 Å². The molecule has 0 spiro atoms. The summed E-state index contributed by atoms with van der Waals surface area (Å²) in [5.41, 5.74) is 5.20. The van der Waals surface area contributed by atoms with Gasteiger partial charge in [0.15, 0.2) is 11.7 Å². The first kappa shape index (κ1) is 19.2. The van der Waals surface area contributed by atoms with Gasteiger partial charge in [0.1, 0.15) is 12.3 Å². The molecule has 1 aliphatic heterocycles. The van der Waals surface area contributed by atoms with Crippen molar-refractivity contribution in [3.8, 4) is 0 Å². The molecular formula is C18H28N6O3. The van der Waals surface area contributed by atoms with Crippen molar-refractivity contribution in [2.24, 2.45) is 10.7 Å². The van der Waals surface area contributed by atoms with Crippen LogP contribution >= 0.6 is 0 Å². The van der Waals surface area contributed by atoms with E-state index in [1.54, 1.807) is 12.1 Å². The molecule has 1 saturated heterocycles. The minimum atomic E-state index is -0.584. The average Bonchev–Trinajstić information content (AvgIpc) is 3.32. The van der Waals surface area contributed by atoms with Crippen molar-refractivity contribution in [3.63, 3.8) is 0 Å². The van der Waals surface area contributed by atoms with Crippen LogP contribution in [0.2, 0.25) is 0 Å². The van der Waals surface area contributed by atoms with Crippen LogP contribution in [0.25, 0.3) is 0 Å². The topological polar surface area (TPSA) is 116 Å². The van der Waals surface area contributed by atoms with E-state index in [1.165, 1.54) is 0 Å². The van der Waals surface area contributed by atoms with Gasteiger partial charge in [0.25, 0.3) is 5.91 Å². The van der Waals surface area contributed by atoms with Gasteiger partial charge in [-0.15, -0.1) is 0 Å². The highest BCUT2D eigenvalue weighted by atomic mass is 16.3. The first-order valence-electron chi connectivity index (χ1n) is 9.48. The van der Waals surface area contributed by atoms with Gasteiger partial charge in [-0.05, 0) is 31.9 Å². The maximum absolute atomic E-state index is 11.9. The van der Waals surface area contributed by atoms with Crippen molar-refractivity contribution < 1.29 is 14.0 Å². The number of primary amides is 1. The van der Waals surface area contributed by atoms with Crippen molar-refractivity contribution >= 4 is 17.8 Å². The van der Waals surface area contributed by atoms with Crippen molar-refractivity contribution in [2.45, 2.75) is 32.4 Å². The van der Waals surface area contributed by atoms with Gasteiger partial charge in [-0.25, -0.2) is 4.99 Å². The van der Waals surface area contributed by atoms with Crippen LogP contribution in [-0.2, 0) is 11.3 Å². The zero-order valence-corrected chi connectivity index (χ0v) is 15.7. The monoisotopic (exact) mass is 376 g/mol. The lowest BCUT2D eigenvalue weighted by Gasteiger charge is -2.36. The van der Waals surface area contributed by atoms with E-state index in [9.17, 15) is 9.59 Å². The lowest BCUT2D eigenvalue weighted by molar-refractivity contribution is -0.122. The van der Waals surface area contributed by atoms with Gasteiger partial charge in [0.2, 0.25) is 5.91 Å². The number of carbonyl (C=O) groups excluding carboxylic acids is 2. The zero-order valence-electron chi connectivity index (χ0n) is 15.7. The summed E-state index contributed by atoms with van der Waals surface area (Å²) in [6.07, 6.45) is 2.22. The number of nitrogens with two attached hydrogens (primary N) is 1. The lowest BCUT2D eigenvalue weighted by atomic mass is 10.3. The molecule has 9 nitrogen and oxygen atoms in total. The number of guanidine groups is 1. The Hall–Kier alpha value is -2.55. The van der Waals surface area contributed by atoms with Gasteiger partial charge >= 0.3 is 0 Å². The molecule has 0 aromatic carbocycles. The molecule has 2 aliphatic rings. The third-order valence-corrected chi connectivity index (χ3v) is 4.61. The summed E-state index contributed by atoms with van der Waals surface area (Å²) < 4.78 is 5.38.